The summed E-state index contributed by atoms with van der Waals surface area (Å²) in [6, 6.07) is 4.17. The van der Waals surface area contributed by atoms with Crippen LogP contribution in [0.1, 0.15) is 23.0 Å². The van der Waals surface area contributed by atoms with E-state index >= 15 is 0 Å². The van der Waals surface area contributed by atoms with Gasteiger partial charge in [0.05, 0.1) is 6.04 Å². The quantitative estimate of drug-likeness (QED) is 0.891. The Morgan fingerprint density at radius 3 is 2.75 bits per heavy atom. The number of anilines is 1. The predicted octanol–water partition coefficient (Wildman–Crippen LogP) is 3.09. The van der Waals surface area contributed by atoms with Crippen molar-refractivity contribution in [2.75, 3.05) is 11.9 Å². The highest BCUT2D eigenvalue weighted by Gasteiger charge is 2.33. The van der Waals surface area contributed by atoms with E-state index < -0.39 is 11.9 Å². The molecule has 0 aliphatic carbocycles. The van der Waals surface area contributed by atoms with Crippen molar-refractivity contribution in [3.8, 4) is 0 Å². The third-order valence-corrected chi connectivity index (χ3v) is 3.54. The number of aromatic nitrogens is 2. The Morgan fingerprint density at radius 1 is 1.35 bits per heavy atom. The fourth-order valence-electron chi connectivity index (χ4n) is 1.65. The fourth-order valence-corrected chi connectivity index (χ4v) is 2.46. The largest absolute Gasteiger partial charge is 0.433 e. The Hall–Kier alpha value is -1.67. The Balaban J connectivity index is 2.19. The van der Waals surface area contributed by atoms with Gasteiger partial charge in [0.25, 0.3) is 0 Å². The van der Waals surface area contributed by atoms with E-state index in [1.807, 2.05) is 17.5 Å². The molecule has 0 aliphatic heterocycles. The zero-order valence-corrected chi connectivity index (χ0v) is 11.1. The number of nitrogens with one attached hydrogen (secondary N) is 1. The first-order valence-corrected chi connectivity index (χ1v) is 6.69. The number of aliphatic hydroxyl groups is 1. The van der Waals surface area contributed by atoms with Gasteiger partial charge in [0.15, 0.2) is 0 Å². The van der Waals surface area contributed by atoms with Gasteiger partial charge in [-0.2, -0.15) is 13.2 Å². The second kappa shape index (κ2) is 6.19. The lowest BCUT2D eigenvalue weighted by Crippen LogP contribution is -2.16. The number of rotatable bonds is 5. The first-order chi connectivity index (χ1) is 9.50. The van der Waals surface area contributed by atoms with Gasteiger partial charge in [0.2, 0.25) is 5.95 Å². The van der Waals surface area contributed by atoms with Crippen molar-refractivity contribution in [1.82, 2.24) is 9.97 Å². The molecule has 0 radical (unpaired) electrons. The van der Waals surface area contributed by atoms with Gasteiger partial charge in [-0.15, -0.1) is 11.3 Å². The van der Waals surface area contributed by atoms with E-state index in [1.54, 1.807) is 0 Å². The van der Waals surface area contributed by atoms with Crippen LogP contribution < -0.4 is 5.32 Å². The summed E-state index contributed by atoms with van der Waals surface area (Å²) in [6.45, 7) is -0.0888. The summed E-state index contributed by atoms with van der Waals surface area (Å²) in [5, 5.41) is 13.7. The summed E-state index contributed by atoms with van der Waals surface area (Å²) in [4.78, 5) is 8.14. The molecule has 0 saturated heterocycles. The number of hydrogen-bond acceptors (Lipinski definition) is 5. The molecule has 2 rings (SSSR count). The molecule has 108 valence electrons. The van der Waals surface area contributed by atoms with E-state index in [0.29, 0.717) is 6.42 Å². The third-order valence-electron chi connectivity index (χ3n) is 2.55. The first-order valence-electron chi connectivity index (χ1n) is 5.81. The van der Waals surface area contributed by atoms with Crippen molar-refractivity contribution in [3.05, 3.63) is 40.3 Å². The van der Waals surface area contributed by atoms with Gasteiger partial charge in [-0.05, 0) is 23.9 Å². The third kappa shape index (κ3) is 3.67. The van der Waals surface area contributed by atoms with Crippen molar-refractivity contribution < 1.29 is 18.3 Å². The molecule has 2 aromatic heterocycles. The van der Waals surface area contributed by atoms with Crippen LogP contribution in [0.3, 0.4) is 0 Å². The molecule has 0 saturated carbocycles. The minimum atomic E-state index is -4.51. The second-order valence-corrected chi connectivity index (χ2v) is 4.97. The molecule has 2 aromatic rings. The maximum absolute atomic E-state index is 12.6. The number of aliphatic hydroxyl groups excluding tert-OH is 1. The average molecular weight is 303 g/mol. The minimum absolute atomic E-state index is 0.0888. The summed E-state index contributed by atoms with van der Waals surface area (Å²) in [6.07, 6.45) is -3.09. The normalized spacial score (nSPS) is 13.2. The van der Waals surface area contributed by atoms with Crippen molar-refractivity contribution in [3.63, 3.8) is 0 Å². The van der Waals surface area contributed by atoms with Crippen molar-refractivity contribution in [2.45, 2.75) is 18.6 Å². The molecule has 0 fully saturated rings. The van der Waals surface area contributed by atoms with Crippen LogP contribution in [0.5, 0.6) is 0 Å². The summed E-state index contributed by atoms with van der Waals surface area (Å²) in [5.74, 6) is -0.105. The van der Waals surface area contributed by atoms with Gasteiger partial charge in [-0.3, -0.25) is 0 Å². The van der Waals surface area contributed by atoms with Crippen LogP contribution in [0.25, 0.3) is 0 Å². The van der Waals surface area contributed by atoms with Crippen LogP contribution in [0, 0.1) is 0 Å². The monoisotopic (exact) mass is 303 g/mol. The lowest BCUT2D eigenvalue weighted by atomic mass is 10.2. The van der Waals surface area contributed by atoms with Crippen LogP contribution in [-0.4, -0.2) is 21.7 Å². The Morgan fingerprint density at radius 2 is 2.15 bits per heavy atom. The van der Waals surface area contributed by atoms with Gasteiger partial charge in [-0.25, -0.2) is 9.97 Å². The summed E-state index contributed by atoms with van der Waals surface area (Å²) in [5.41, 5.74) is -0.996. The van der Waals surface area contributed by atoms with Crippen molar-refractivity contribution >= 4 is 17.3 Å². The van der Waals surface area contributed by atoms with Crippen LogP contribution in [0.2, 0.25) is 0 Å². The lowest BCUT2D eigenvalue weighted by molar-refractivity contribution is -0.141. The number of hydrogen-bond donors (Lipinski definition) is 2. The molecule has 8 heteroatoms. The molecule has 2 N–H and O–H groups in total. The highest BCUT2D eigenvalue weighted by Crippen LogP contribution is 2.29. The lowest BCUT2D eigenvalue weighted by Gasteiger charge is -2.17. The molecule has 2 heterocycles. The van der Waals surface area contributed by atoms with E-state index in [2.05, 4.69) is 15.3 Å². The maximum Gasteiger partial charge on any atom is 0.433 e. The zero-order chi connectivity index (χ0) is 14.6. The Bertz CT molecular complexity index is 545. The Kier molecular flexibility index (Phi) is 4.56. The van der Waals surface area contributed by atoms with Gasteiger partial charge in [0, 0.05) is 17.7 Å². The molecular weight excluding hydrogens is 291 g/mol. The van der Waals surface area contributed by atoms with Gasteiger partial charge < -0.3 is 10.4 Å². The Labute approximate surface area is 117 Å². The van der Waals surface area contributed by atoms with Gasteiger partial charge >= 0.3 is 6.18 Å². The molecule has 0 amide bonds. The molecule has 1 atom stereocenters. The fraction of sp³-hybridized carbons (Fsp3) is 0.333. The van der Waals surface area contributed by atoms with E-state index in [4.69, 9.17) is 5.11 Å². The van der Waals surface area contributed by atoms with Crippen LogP contribution >= 0.6 is 11.3 Å². The van der Waals surface area contributed by atoms with Crippen LogP contribution in [0.4, 0.5) is 19.1 Å². The second-order valence-electron chi connectivity index (χ2n) is 3.99. The van der Waals surface area contributed by atoms with Crippen molar-refractivity contribution in [2.24, 2.45) is 0 Å². The zero-order valence-electron chi connectivity index (χ0n) is 10.3. The van der Waals surface area contributed by atoms with Crippen molar-refractivity contribution in [1.29, 1.82) is 0 Å². The number of halogens is 3. The van der Waals surface area contributed by atoms with Gasteiger partial charge in [0.1, 0.15) is 5.69 Å². The first kappa shape index (κ1) is 14.7. The summed E-state index contributed by atoms with van der Waals surface area (Å²) in [7, 11) is 0. The SMILES string of the molecule is OCC[C@@H](Nc1nccc(C(F)(F)F)n1)c1cccs1. The molecule has 4 nitrogen and oxygen atoms in total. The highest BCUT2D eigenvalue weighted by molar-refractivity contribution is 7.10. The minimum Gasteiger partial charge on any atom is -0.396 e. The molecule has 20 heavy (non-hydrogen) atoms. The van der Waals surface area contributed by atoms with Gasteiger partial charge in [-0.1, -0.05) is 6.07 Å². The van der Waals surface area contributed by atoms with E-state index in [1.165, 1.54) is 11.3 Å². The molecule has 0 spiro atoms. The van der Waals surface area contributed by atoms with E-state index in [-0.39, 0.29) is 18.6 Å². The molecule has 0 bridgehead atoms. The number of thiophene rings is 1. The summed E-state index contributed by atoms with van der Waals surface area (Å²) < 4.78 is 37.7. The molecular formula is C12H12F3N3OS. The molecule has 0 aliphatic rings. The van der Waals surface area contributed by atoms with E-state index in [0.717, 1.165) is 17.1 Å². The summed E-state index contributed by atoms with van der Waals surface area (Å²) >= 11 is 1.45. The highest BCUT2D eigenvalue weighted by atomic mass is 32.1. The molecule has 0 aromatic carbocycles. The topological polar surface area (TPSA) is 58.0 Å². The maximum atomic E-state index is 12.6. The van der Waals surface area contributed by atoms with Crippen LogP contribution in [-0.2, 0) is 6.18 Å². The smallest absolute Gasteiger partial charge is 0.396 e. The predicted molar refractivity (Wildman–Crippen MR) is 69.4 cm³/mol. The van der Waals surface area contributed by atoms with E-state index in [9.17, 15) is 13.2 Å². The van der Waals surface area contributed by atoms with Crippen LogP contribution in [0.15, 0.2) is 29.8 Å². The number of alkyl halides is 3. The standard InChI is InChI=1S/C12H12F3N3OS/c13-12(14,15)10-3-5-16-11(18-10)17-8(4-6-19)9-2-1-7-20-9/h1-3,5,7-8,19H,4,6H2,(H,16,17,18)/t8-/m1/s1. The number of nitrogens with zero attached hydrogens (tertiary/aromatic N) is 2. The molecule has 0 unspecified atom stereocenters. The average Bonchev–Trinajstić information content (AvgIpc) is 2.91.